The van der Waals surface area contributed by atoms with Crippen molar-refractivity contribution >= 4 is 17.5 Å². The molecule has 2 heterocycles. The van der Waals surface area contributed by atoms with E-state index in [-0.39, 0.29) is 5.95 Å². The highest BCUT2D eigenvalue weighted by Crippen LogP contribution is 2.24. The molecule has 1 aliphatic heterocycles. The van der Waals surface area contributed by atoms with Gasteiger partial charge in [0.2, 0.25) is 5.95 Å². The van der Waals surface area contributed by atoms with Crippen molar-refractivity contribution in [1.82, 2.24) is 14.9 Å². The topological polar surface area (TPSA) is 55.0 Å². The molecule has 1 aromatic rings. The van der Waals surface area contributed by atoms with Gasteiger partial charge in [-0.25, -0.2) is 9.97 Å². The van der Waals surface area contributed by atoms with Crippen LogP contribution in [0.15, 0.2) is 6.07 Å². The van der Waals surface area contributed by atoms with E-state index in [9.17, 15) is 0 Å². The Morgan fingerprint density at radius 3 is 2.59 bits per heavy atom. The van der Waals surface area contributed by atoms with Crippen molar-refractivity contribution in [2.75, 3.05) is 5.73 Å². The Kier molecular flexibility index (Phi) is 3.84. The molecular weight excluding hydrogens is 236 g/mol. The molecule has 0 radical (unpaired) electrons. The van der Waals surface area contributed by atoms with Crippen molar-refractivity contribution < 1.29 is 0 Å². The molecule has 0 saturated carbocycles. The smallest absolute Gasteiger partial charge is 0.221 e. The van der Waals surface area contributed by atoms with E-state index < -0.39 is 0 Å². The lowest BCUT2D eigenvalue weighted by atomic mass is 9.97. The molecule has 0 spiro atoms. The van der Waals surface area contributed by atoms with Gasteiger partial charge < -0.3 is 5.73 Å². The first kappa shape index (κ1) is 12.6. The van der Waals surface area contributed by atoms with Crippen molar-refractivity contribution in [2.24, 2.45) is 0 Å². The lowest BCUT2D eigenvalue weighted by molar-refractivity contribution is 0.0938. The van der Waals surface area contributed by atoms with Crippen LogP contribution in [0.2, 0.25) is 5.15 Å². The number of halogens is 1. The fraction of sp³-hybridized carbons (Fsp3) is 0.667. The first-order chi connectivity index (χ1) is 8.06. The molecule has 2 N–H and O–H groups in total. The van der Waals surface area contributed by atoms with Crippen molar-refractivity contribution in [3.63, 3.8) is 0 Å². The molecule has 0 amide bonds. The van der Waals surface area contributed by atoms with E-state index in [2.05, 4.69) is 28.7 Å². The molecular formula is C12H19ClN4. The van der Waals surface area contributed by atoms with Crippen LogP contribution in [0.5, 0.6) is 0 Å². The molecule has 94 valence electrons. The molecule has 2 atom stereocenters. The molecule has 0 bridgehead atoms. The van der Waals surface area contributed by atoms with Gasteiger partial charge in [0.1, 0.15) is 5.15 Å². The Morgan fingerprint density at radius 1 is 1.35 bits per heavy atom. The van der Waals surface area contributed by atoms with Gasteiger partial charge in [-0.05, 0) is 32.8 Å². The molecule has 4 nitrogen and oxygen atoms in total. The maximum absolute atomic E-state index is 5.89. The fourth-order valence-electron chi connectivity index (χ4n) is 2.54. The molecule has 0 aliphatic carbocycles. The summed E-state index contributed by atoms with van der Waals surface area (Å²) in [5.74, 6) is 0.254. The van der Waals surface area contributed by atoms with E-state index >= 15 is 0 Å². The SMILES string of the molecule is CC1CCCC(C)N1Cc1cc(Cl)nc(N)n1. The summed E-state index contributed by atoms with van der Waals surface area (Å²) < 4.78 is 0. The van der Waals surface area contributed by atoms with Crippen molar-refractivity contribution in [3.05, 3.63) is 16.9 Å². The van der Waals surface area contributed by atoms with E-state index in [1.165, 1.54) is 19.3 Å². The number of anilines is 1. The summed E-state index contributed by atoms with van der Waals surface area (Å²) in [5, 5.41) is 0.421. The number of nitrogens with two attached hydrogens (primary N) is 1. The van der Waals surface area contributed by atoms with Crippen LogP contribution in [0.3, 0.4) is 0 Å². The Morgan fingerprint density at radius 2 is 2.00 bits per heavy atom. The number of aromatic nitrogens is 2. The van der Waals surface area contributed by atoms with Crippen LogP contribution in [0, 0.1) is 0 Å². The van der Waals surface area contributed by atoms with Crippen LogP contribution < -0.4 is 5.73 Å². The molecule has 5 heteroatoms. The molecule has 1 aliphatic rings. The van der Waals surface area contributed by atoms with Gasteiger partial charge in [0, 0.05) is 18.6 Å². The van der Waals surface area contributed by atoms with Crippen LogP contribution >= 0.6 is 11.6 Å². The number of nitrogen functional groups attached to an aromatic ring is 1. The van der Waals surface area contributed by atoms with Gasteiger partial charge in [-0.15, -0.1) is 0 Å². The second kappa shape index (κ2) is 5.19. The summed E-state index contributed by atoms with van der Waals surface area (Å²) in [4.78, 5) is 10.6. The van der Waals surface area contributed by atoms with Gasteiger partial charge in [0.05, 0.1) is 5.69 Å². The van der Waals surface area contributed by atoms with Gasteiger partial charge >= 0.3 is 0 Å². The molecule has 1 aromatic heterocycles. The second-order valence-corrected chi connectivity index (χ2v) is 5.23. The number of hydrogen-bond acceptors (Lipinski definition) is 4. The molecule has 0 aromatic carbocycles. The number of rotatable bonds is 2. The normalized spacial score (nSPS) is 26.1. The zero-order valence-electron chi connectivity index (χ0n) is 10.4. The van der Waals surface area contributed by atoms with E-state index in [1.54, 1.807) is 6.07 Å². The Bertz CT molecular complexity index is 366. The number of hydrogen-bond donors (Lipinski definition) is 1. The van der Waals surface area contributed by atoms with Crippen LogP contribution in [0.1, 0.15) is 38.8 Å². The summed E-state index contributed by atoms with van der Waals surface area (Å²) in [6.45, 7) is 5.33. The van der Waals surface area contributed by atoms with Gasteiger partial charge in [0.25, 0.3) is 0 Å². The standard InChI is InChI=1S/C12H19ClN4/c1-8-4-3-5-9(2)17(8)7-10-6-11(13)16-12(14)15-10/h6,8-9H,3-5,7H2,1-2H3,(H2,14,15,16). The molecule has 1 saturated heterocycles. The zero-order chi connectivity index (χ0) is 12.4. The molecule has 1 fully saturated rings. The largest absolute Gasteiger partial charge is 0.368 e. The lowest BCUT2D eigenvalue weighted by Gasteiger charge is -2.38. The Balaban J connectivity index is 2.13. The summed E-state index contributed by atoms with van der Waals surface area (Å²) in [7, 11) is 0. The average molecular weight is 255 g/mol. The van der Waals surface area contributed by atoms with Crippen LogP contribution in [-0.4, -0.2) is 27.0 Å². The van der Waals surface area contributed by atoms with Gasteiger partial charge in [0.15, 0.2) is 0 Å². The summed E-state index contributed by atoms with van der Waals surface area (Å²) >= 11 is 5.89. The summed E-state index contributed by atoms with van der Waals surface area (Å²) in [5.41, 5.74) is 6.51. The van der Waals surface area contributed by atoms with Gasteiger partial charge in [-0.2, -0.15) is 0 Å². The maximum atomic E-state index is 5.89. The predicted molar refractivity (Wildman–Crippen MR) is 69.8 cm³/mol. The van der Waals surface area contributed by atoms with Crippen molar-refractivity contribution in [2.45, 2.75) is 51.7 Å². The van der Waals surface area contributed by atoms with Crippen molar-refractivity contribution in [3.8, 4) is 0 Å². The first-order valence-corrected chi connectivity index (χ1v) is 6.48. The molecule has 2 rings (SSSR count). The van der Waals surface area contributed by atoms with Crippen molar-refractivity contribution in [1.29, 1.82) is 0 Å². The van der Waals surface area contributed by atoms with Gasteiger partial charge in [-0.3, -0.25) is 4.90 Å². The van der Waals surface area contributed by atoms with E-state index in [1.807, 2.05) is 0 Å². The fourth-order valence-corrected chi connectivity index (χ4v) is 2.75. The van der Waals surface area contributed by atoms with Crippen LogP contribution in [-0.2, 0) is 6.54 Å². The van der Waals surface area contributed by atoms with E-state index in [0.717, 1.165) is 12.2 Å². The summed E-state index contributed by atoms with van der Waals surface area (Å²) in [6.07, 6.45) is 3.81. The average Bonchev–Trinajstić information content (AvgIpc) is 2.22. The second-order valence-electron chi connectivity index (χ2n) is 4.84. The predicted octanol–water partition coefficient (Wildman–Crippen LogP) is 2.48. The number of likely N-dealkylation sites (tertiary alicyclic amines) is 1. The van der Waals surface area contributed by atoms with Gasteiger partial charge in [-0.1, -0.05) is 18.0 Å². The minimum atomic E-state index is 0.254. The highest BCUT2D eigenvalue weighted by molar-refractivity contribution is 6.29. The maximum Gasteiger partial charge on any atom is 0.221 e. The minimum absolute atomic E-state index is 0.254. The Hall–Kier alpha value is -0.870. The first-order valence-electron chi connectivity index (χ1n) is 6.11. The zero-order valence-corrected chi connectivity index (χ0v) is 11.1. The highest BCUT2D eigenvalue weighted by atomic mass is 35.5. The monoisotopic (exact) mass is 254 g/mol. The minimum Gasteiger partial charge on any atom is -0.368 e. The third-order valence-electron chi connectivity index (χ3n) is 3.49. The third-order valence-corrected chi connectivity index (χ3v) is 3.68. The lowest BCUT2D eigenvalue weighted by Crippen LogP contribution is -2.43. The van der Waals surface area contributed by atoms with Crippen LogP contribution in [0.4, 0.5) is 5.95 Å². The highest BCUT2D eigenvalue weighted by Gasteiger charge is 2.25. The molecule has 2 unspecified atom stereocenters. The Labute approximate surface area is 107 Å². The number of piperidine rings is 1. The third kappa shape index (κ3) is 3.07. The van der Waals surface area contributed by atoms with Crippen LogP contribution in [0.25, 0.3) is 0 Å². The number of nitrogens with zero attached hydrogens (tertiary/aromatic N) is 3. The summed E-state index contributed by atoms with van der Waals surface area (Å²) in [6, 6.07) is 2.98. The molecule has 17 heavy (non-hydrogen) atoms. The van der Waals surface area contributed by atoms with E-state index in [0.29, 0.717) is 17.2 Å². The van der Waals surface area contributed by atoms with E-state index in [4.69, 9.17) is 17.3 Å². The quantitative estimate of drug-likeness (QED) is 0.824.